The first-order valence-corrected chi connectivity index (χ1v) is 5.05. The fourth-order valence-electron chi connectivity index (χ4n) is 1.48. The van der Waals surface area contributed by atoms with E-state index in [0.29, 0.717) is 5.41 Å². The Labute approximate surface area is 82.0 Å². The number of rotatable bonds is 3. The van der Waals surface area contributed by atoms with E-state index in [4.69, 9.17) is 0 Å². The Bertz CT molecular complexity index is 262. The van der Waals surface area contributed by atoms with E-state index in [0.717, 1.165) is 5.59 Å². The van der Waals surface area contributed by atoms with Crippen molar-refractivity contribution in [3.05, 3.63) is 23.9 Å². The van der Waals surface area contributed by atoms with Crippen LogP contribution >= 0.6 is 0 Å². The molecule has 13 heavy (non-hydrogen) atoms. The van der Waals surface area contributed by atoms with Crippen LogP contribution in [-0.4, -0.2) is 12.8 Å². The molecule has 1 rings (SSSR count). The Morgan fingerprint density at radius 3 is 2.31 bits per heavy atom. The second kappa shape index (κ2) is 3.95. The normalized spacial score (nSPS) is 11.6. The first-order chi connectivity index (χ1) is 6.12. The van der Waals surface area contributed by atoms with Crippen molar-refractivity contribution in [3.63, 3.8) is 0 Å². The summed E-state index contributed by atoms with van der Waals surface area (Å²) in [6, 6.07) is 4.30. The van der Waals surface area contributed by atoms with Gasteiger partial charge in [0.1, 0.15) is 0 Å². The zero-order chi connectivity index (χ0) is 9.90. The van der Waals surface area contributed by atoms with Crippen LogP contribution in [0.1, 0.15) is 39.2 Å². The molecule has 0 aliphatic heterocycles. The molecule has 0 atom stereocenters. The van der Waals surface area contributed by atoms with E-state index in [1.54, 1.807) is 0 Å². The predicted octanol–water partition coefficient (Wildman–Crippen LogP) is 1.42. The lowest BCUT2D eigenvalue weighted by Crippen LogP contribution is -2.21. The summed E-state index contributed by atoms with van der Waals surface area (Å²) in [4.78, 5) is 4.34. The van der Waals surface area contributed by atoms with Gasteiger partial charge < -0.3 is 0 Å². The first kappa shape index (κ1) is 10.3. The summed E-state index contributed by atoms with van der Waals surface area (Å²) < 4.78 is 0. The average molecular weight is 175 g/mol. The minimum absolute atomic E-state index is 0.306. The van der Waals surface area contributed by atoms with Crippen molar-refractivity contribution in [2.45, 2.75) is 39.0 Å². The fraction of sp³-hybridized carbons (Fsp3) is 0.545. The average Bonchev–Trinajstić information content (AvgIpc) is 2.18. The third kappa shape index (κ3) is 2.12. The molecule has 1 aromatic rings. The second-order valence-electron chi connectivity index (χ2n) is 3.96. The van der Waals surface area contributed by atoms with Crippen LogP contribution in [0.4, 0.5) is 0 Å². The van der Waals surface area contributed by atoms with Crippen LogP contribution in [0.5, 0.6) is 0 Å². The van der Waals surface area contributed by atoms with Gasteiger partial charge in [-0.15, -0.1) is 0 Å². The number of hydrogen-bond donors (Lipinski definition) is 0. The van der Waals surface area contributed by atoms with Gasteiger partial charge in [-0.3, -0.25) is 4.98 Å². The van der Waals surface area contributed by atoms with Crippen molar-refractivity contribution < 1.29 is 0 Å². The molecule has 0 unspecified atom stereocenters. The van der Waals surface area contributed by atoms with Gasteiger partial charge in [0.15, 0.2) is 7.85 Å². The van der Waals surface area contributed by atoms with E-state index < -0.39 is 0 Å². The number of aromatic nitrogens is 1. The van der Waals surface area contributed by atoms with Gasteiger partial charge in [-0.2, -0.15) is 0 Å². The monoisotopic (exact) mass is 175 g/mol. The molecule has 1 heterocycles. The van der Waals surface area contributed by atoms with Crippen molar-refractivity contribution in [1.82, 2.24) is 4.98 Å². The predicted molar refractivity (Wildman–Crippen MR) is 60.3 cm³/mol. The molecule has 0 amide bonds. The standard InChI is InChI=1S/C11H18BN/c1-4-11(3,5-2)9-6-7-10(12)13-8-9/h6-8H,4-5,12H2,1-3H3. The van der Waals surface area contributed by atoms with Crippen LogP contribution in [0.3, 0.4) is 0 Å². The van der Waals surface area contributed by atoms with Gasteiger partial charge in [-0.25, -0.2) is 0 Å². The minimum Gasteiger partial charge on any atom is -0.272 e. The molecular formula is C11H18BN. The van der Waals surface area contributed by atoms with Crippen LogP contribution < -0.4 is 5.59 Å². The summed E-state index contributed by atoms with van der Waals surface area (Å²) in [7, 11) is 2.03. The van der Waals surface area contributed by atoms with E-state index >= 15 is 0 Å². The van der Waals surface area contributed by atoms with Crippen LogP contribution in [0.25, 0.3) is 0 Å². The molecule has 1 nitrogen and oxygen atoms in total. The first-order valence-electron chi connectivity index (χ1n) is 5.05. The van der Waals surface area contributed by atoms with Gasteiger partial charge in [0.2, 0.25) is 0 Å². The Morgan fingerprint density at radius 2 is 1.92 bits per heavy atom. The molecular weight excluding hydrogens is 157 g/mol. The molecule has 2 heteroatoms. The van der Waals surface area contributed by atoms with Gasteiger partial charge >= 0.3 is 0 Å². The van der Waals surface area contributed by atoms with Gasteiger partial charge in [-0.05, 0) is 29.4 Å². The molecule has 0 saturated heterocycles. The summed E-state index contributed by atoms with van der Waals surface area (Å²) in [5.41, 5.74) is 2.77. The Hall–Kier alpha value is -0.785. The van der Waals surface area contributed by atoms with Crippen molar-refractivity contribution >= 4 is 13.4 Å². The smallest absolute Gasteiger partial charge is 0.163 e. The Balaban J connectivity index is 2.99. The summed E-state index contributed by atoms with van der Waals surface area (Å²) in [6.45, 7) is 6.78. The lowest BCUT2D eigenvalue weighted by molar-refractivity contribution is 0.437. The molecule has 1 aromatic heterocycles. The summed E-state index contributed by atoms with van der Waals surface area (Å²) >= 11 is 0. The van der Waals surface area contributed by atoms with Gasteiger partial charge in [0, 0.05) is 6.20 Å². The maximum atomic E-state index is 4.34. The number of pyridine rings is 1. The molecule has 0 N–H and O–H groups in total. The molecule has 0 aliphatic rings. The molecule has 0 bridgehead atoms. The Kier molecular flexibility index (Phi) is 3.13. The molecule has 0 aromatic carbocycles. The topological polar surface area (TPSA) is 12.9 Å². The summed E-state index contributed by atoms with van der Waals surface area (Å²) in [6.07, 6.45) is 4.37. The van der Waals surface area contributed by atoms with Crippen molar-refractivity contribution in [2.75, 3.05) is 0 Å². The zero-order valence-corrected chi connectivity index (χ0v) is 9.09. The molecule has 0 aliphatic carbocycles. The largest absolute Gasteiger partial charge is 0.272 e. The Morgan fingerprint density at radius 1 is 1.31 bits per heavy atom. The zero-order valence-electron chi connectivity index (χ0n) is 9.09. The third-order valence-electron chi connectivity index (χ3n) is 3.17. The third-order valence-corrected chi connectivity index (χ3v) is 3.17. The summed E-state index contributed by atoms with van der Waals surface area (Å²) in [5, 5.41) is 0. The van der Waals surface area contributed by atoms with Crippen LogP contribution in [0.2, 0.25) is 0 Å². The van der Waals surface area contributed by atoms with Crippen LogP contribution in [0.15, 0.2) is 18.3 Å². The van der Waals surface area contributed by atoms with E-state index in [-0.39, 0.29) is 0 Å². The van der Waals surface area contributed by atoms with E-state index in [1.165, 1.54) is 18.4 Å². The quantitative estimate of drug-likeness (QED) is 0.633. The highest BCUT2D eigenvalue weighted by Gasteiger charge is 2.21. The van der Waals surface area contributed by atoms with Gasteiger partial charge in [0.25, 0.3) is 0 Å². The van der Waals surface area contributed by atoms with Crippen LogP contribution in [0, 0.1) is 0 Å². The summed E-state index contributed by atoms with van der Waals surface area (Å²) in [5.74, 6) is 0. The molecule has 70 valence electrons. The van der Waals surface area contributed by atoms with Crippen molar-refractivity contribution in [3.8, 4) is 0 Å². The van der Waals surface area contributed by atoms with E-state index in [1.807, 2.05) is 14.0 Å². The number of nitrogens with zero attached hydrogens (tertiary/aromatic N) is 1. The van der Waals surface area contributed by atoms with Gasteiger partial charge in [0.05, 0.1) is 0 Å². The highest BCUT2D eigenvalue weighted by atomic mass is 14.6. The molecule has 0 radical (unpaired) electrons. The molecule has 0 spiro atoms. The number of hydrogen-bond acceptors (Lipinski definition) is 1. The molecule has 0 fully saturated rings. The highest BCUT2D eigenvalue weighted by molar-refractivity contribution is 6.30. The highest BCUT2D eigenvalue weighted by Crippen LogP contribution is 2.29. The minimum atomic E-state index is 0.306. The maximum absolute atomic E-state index is 4.34. The second-order valence-corrected chi connectivity index (χ2v) is 3.96. The van der Waals surface area contributed by atoms with Gasteiger partial charge in [-0.1, -0.05) is 32.9 Å². The lowest BCUT2D eigenvalue weighted by Gasteiger charge is -2.26. The van der Waals surface area contributed by atoms with E-state index in [9.17, 15) is 0 Å². The maximum Gasteiger partial charge on any atom is 0.163 e. The van der Waals surface area contributed by atoms with Crippen molar-refractivity contribution in [1.29, 1.82) is 0 Å². The van der Waals surface area contributed by atoms with E-state index in [2.05, 4.69) is 37.9 Å². The van der Waals surface area contributed by atoms with Crippen LogP contribution in [-0.2, 0) is 5.41 Å². The lowest BCUT2D eigenvalue weighted by atomic mass is 9.78. The molecule has 0 saturated carbocycles. The van der Waals surface area contributed by atoms with Crippen molar-refractivity contribution in [2.24, 2.45) is 0 Å². The SMILES string of the molecule is Bc1ccc(C(C)(CC)CC)cn1. The fourth-order valence-corrected chi connectivity index (χ4v) is 1.48.